The third-order valence-corrected chi connectivity index (χ3v) is 4.63. The van der Waals surface area contributed by atoms with Gasteiger partial charge in [-0.2, -0.15) is 0 Å². The number of alkyl halides is 2. The van der Waals surface area contributed by atoms with Gasteiger partial charge in [0.15, 0.2) is 0 Å². The SMILES string of the molecule is O=C(O)c1ccc(OCCNC(=O)C2CC3(C2)CC3(F)F)cc1. The van der Waals surface area contributed by atoms with Gasteiger partial charge in [-0.25, -0.2) is 13.6 Å². The van der Waals surface area contributed by atoms with E-state index in [1.807, 2.05) is 0 Å². The molecule has 2 N–H and O–H groups in total. The van der Waals surface area contributed by atoms with Crippen LogP contribution in [0.3, 0.4) is 0 Å². The van der Waals surface area contributed by atoms with Gasteiger partial charge >= 0.3 is 5.97 Å². The van der Waals surface area contributed by atoms with Crippen LogP contribution in [0.4, 0.5) is 8.78 Å². The van der Waals surface area contributed by atoms with Crippen LogP contribution in [-0.4, -0.2) is 36.1 Å². The minimum Gasteiger partial charge on any atom is -0.492 e. The number of carboxylic acids is 1. The summed E-state index contributed by atoms with van der Waals surface area (Å²) in [6.07, 6.45) is 0.450. The number of carboxylic acid groups (broad SMARTS) is 1. The Kier molecular flexibility index (Phi) is 3.74. The van der Waals surface area contributed by atoms with E-state index in [4.69, 9.17) is 9.84 Å². The van der Waals surface area contributed by atoms with Gasteiger partial charge in [0.25, 0.3) is 5.92 Å². The largest absolute Gasteiger partial charge is 0.492 e. The van der Waals surface area contributed by atoms with E-state index in [2.05, 4.69) is 5.32 Å². The zero-order chi connectivity index (χ0) is 16.7. The third-order valence-electron chi connectivity index (χ3n) is 4.63. The number of carbonyl (C=O) groups is 2. The van der Waals surface area contributed by atoms with Gasteiger partial charge in [-0.05, 0) is 37.1 Å². The molecule has 2 fully saturated rings. The van der Waals surface area contributed by atoms with Crippen molar-refractivity contribution in [3.63, 3.8) is 0 Å². The molecule has 2 aliphatic carbocycles. The smallest absolute Gasteiger partial charge is 0.335 e. The Hall–Kier alpha value is -2.18. The second-order valence-electron chi connectivity index (χ2n) is 6.24. The maximum absolute atomic E-state index is 13.1. The average Bonchev–Trinajstić information content (AvgIpc) is 3.05. The van der Waals surface area contributed by atoms with E-state index in [0.29, 0.717) is 5.75 Å². The minimum absolute atomic E-state index is 0.0841. The zero-order valence-electron chi connectivity index (χ0n) is 12.4. The number of nitrogens with one attached hydrogen (secondary N) is 1. The predicted octanol–water partition coefficient (Wildman–Crippen LogP) is 2.32. The number of halogens is 2. The molecule has 3 rings (SSSR count). The monoisotopic (exact) mass is 325 g/mol. The fourth-order valence-electron chi connectivity index (χ4n) is 3.07. The first-order valence-corrected chi connectivity index (χ1v) is 7.45. The summed E-state index contributed by atoms with van der Waals surface area (Å²) in [5, 5.41) is 11.4. The molecule has 0 radical (unpaired) electrons. The van der Waals surface area contributed by atoms with E-state index in [-0.39, 0.29) is 49.8 Å². The van der Waals surface area contributed by atoms with Gasteiger partial charge < -0.3 is 15.2 Å². The number of rotatable bonds is 6. The summed E-state index contributed by atoms with van der Waals surface area (Å²) >= 11 is 0. The van der Waals surface area contributed by atoms with Crippen LogP contribution in [0.25, 0.3) is 0 Å². The summed E-state index contributed by atoms with van der Waals surface area (Å²) in [5.41, 5.74) is -0.723. The quantitative estimate of drug-likeness (QED) is 0.787. The van der Waals surface area contributed by atoms with Crippen molar-refractivity contribution in [1.82, 2.24) is 5.32 Å². The molecule has 2 aliphatic rings. The molecule has 0 aromatic heterocycles. The number of carbonyl (C=O) groups excluding carboxylic acids is 1. The summed E-state index contributed by atoms with van der Waals surface area (Å²) in [6, 6.07) is 5.94. The molecule has 23 heavy (non-hydrogen) atoms. The van der Waals surface area contributed by atoms with Crippen molar-refractivity contribution in [2.75, 3.05) is 13.2 Å². The van der Waals surface area contributed by atoms with Crippen molar-refractivity contribution in [3.05, 3.63) is 29.8 Å². The Bertz CT molecular complexity index is 623. The molecule has 0 aliphatic heterocycles. The second-order valence-corrected chi connectivity index (χ2v) is 6.24. The fourth-order valence-corrected chi connectivity index (χ4v) is 3.07. The summed E-state index contributed by atoms with van der Waals surface area (Å²) in [7, 11) is 0. The molecule has 5 nitrogen and oxygen atoms in total. The van der Waals surface area contributed by atoms with Crippen LogP contribution in [0.1, 0.15) is 29.6 Å². The highest BCUT2D eigenvalue weighted by Crippen LogP contribution is 2.72. The van der Waals surface area contributed by atoms with Gasteiger partial charge in [0, 0.05) is 17.8 Å². The first kappa shape index (κ1) is 15.7. The molecule has 0 unspecified atom stereocenters. The van der Waals surface area contributed by atoms with Crippen molar-refractivity contribution in [2.24, 2.45) is 11.3 Å². The van der Waals surface area contributed by atoms with E-state index in [1.54, 1.807) is 0 Å². The molecule has 1 spiro atoms. The molecule has 0 bridgehead atoms. The predicted molar refractivity (Wildman–Crippen MR) is 76.6 cm³/mol. The lowest BCUT2D eigenvalue weighted by Gasteiger charge is -2.34. The first-order valence-electron chi connectivity index (χ1n) is 7.45. The van der Waals surface area contributed by atoms with Crippen LogP contribution < -0.4 is 10.1 Å². The standard InChI is InChI=1S/C16H17F2NO4/c17-16(18)9-15(16)7-11(8-15)13(20)19-5-6-23-12-3-1-10(2-4-12)14(21)22/h1-4,11H,5-9H2,(H,19,20)(H,21,22). The Balaban J connectivity index is 1.34. The average molecular weight is 325 g/mol. The molecule has 0 atom stereocenters. The molecule has 1 amide bonds. The number of amides is 1. The second kappa shape index (κ2) is 5.47. The van der Waals surface area contributed by atoms with Gasteiger partial charge in [0.1, 0.15) is 12.4 Å². The topological polar surface area (TPSA) is 75.6 Å². The van der Waals surface area contributed by atoms with Crippen molar-refractivity contribution >= 4 is 11.9 Å². The van der Waals surface area contributed by atoms with Crippen molar-refractivity contribution in [2.45, 2.75) is 25.2 Å². The Morgan fingerprint density at radius 3 is 2.39 bits per heavy atom. The van der Waals surface area contributed by atoms with Crippen LogP contribution >= 0.6 is 0 Å². The number of hydrogen-bond acceptors (Lipinski definition) is 3. The van der Waals surface area contributed by atoms with E-state index in [0.717, 1.165) is 0 Å². The Labute approximate surface area is 131 Å². The molecular formula is C16H17F2NO4. The minimum atomic E-state index is -2.57. The number of aromatic carboxylic acids is 1. The van der Waals surface area contributed by atoms with Crippen LogP contribution in [0, 0.1) is 11.3 Å². The first-order chi connectivity index (χ1) is 10.8. The van der Waals surface area contributed by atoms with E-state index >= 15 is 0 Å². The molecule has 1 aromatic carbocycles. The summed E-state index contributed by atoms with van der Waals surface area (Å²) in [5.74, 6) is -3.61. The maximum atomic E-state index is 13.1. The Morgan fingerprint density at radius 1 is 1.26 bits per heavy atom. The highest BCUT2D eigenvalue weighted by Gasteiger charge is 2.76. The highest BCUT2D eigenvalue weighted by atomic mass is 19.3. The van der Waals surface area contributed by atoms with Crippen LogP contribution in [0.2, 0.25) is 0 Å². The van der Waals surface area contributed by atoms with E-state index in [9.17, 15) is 18.4 Å². The molecular weight excluding hydrogens is 308 g/mol. The summed E-state index contributed by atoms with van der Waals surface area (Å²) in [6.45, 7) is 0.506. The van der Waals surface area contributed by atoms with Gasteiger partial charge in [-0.3, -0.25) is 4.79 Å². The van der Waals surface area contributed by atoms with Gasteiger partial charge in [-0.1, -0.05) is 0 Å². The number of hydrogen-bond donors (Lipinski definition) is 2. The van der Waals surface area contributed by atoms with Gasteiger partial charge in [-0.15, -0.1) is 0 Å². The fraction of sp³-hybridized carbons (Fsp3) is 0.500. The molecule has 0 heterocycles. The number of ether oxygens (including phenoxy) is 1. The molecule has 2 saturated carbocycles. The van der Waals surface area contributed by atoms with Crippen molar-refractivity contribution in [3.8, 4) is 5.75 Å². The number of benzene rings is 1. The lowest BCUT2D eigenvalue weighted by molar-refractivity contribution is -0.132. The lowest BCUT2D eigenvalue weighted by Crippen LogP contribution is -2.42. The Morgan fingerprint density at radius 2 is 1.87 bits per heavy atom. The summed E-state index contributed by atoms with van der Waals surface area (Å²) in [4.78, 5) is 22.5. The van der Waals surface area contributed by atoms with E-state index in [1.165, 1.54) is 24.3 Å². The van der Waals surface area contributed by atoms with E-state index < -0.39 is 17.3 Å². The van der Waals surface area contributed by atoms with Gasteiger partial charge in [0.05, 0.1) is 12.1 Å². The highest BCUT2D eigenvalue weighted by molar-refractivity contribution is 5.87. The normalized spacial score (nSPS) is 27.1. The molecule has 7 heteroatoms. The molecule has 124 valence electrons. The zero-order valence-corrected chi connectivity index (χ0v) is 12.4. The molecule has 0 saturated heterocycles. The van der Waals surface area contributed by atoms with Crippen LogP contribution in [-0.2, 0) is 4.79 Å². The maximum Gasteiger partial charge on any atom is 0.335 e. The van der Waals surface area contributed by atoms with Crippen molar-refractivity contribution in [1.29, 1.82) is 0 Å². The lowest BCUT2D eigenvalue weighted by atomic mass is 9.71. The van der Waals surface area contributed by atoms with Crippen LogP contribution in [0.5, 0.6) is 5.75 Å². The third kappa shape index (κ3) is 3.00. The molecule has 1 aromatic rings. The van der Waals surface area contributed by atoms with Crippen LogP contribution in [0.15, 0.2) is 24.3 Å². The van der Waals surface area contributed by atoms with Crippen molar-refractivity contribution < 1.29 is 28.2 Å². The summed E-state index contributed by atoms with van der Waals surface area (Å²) < 4.78 is 31.5. The van der Waals surface area contributed by atoms with Gasteiger partial charge in [0.2, 0.25) is 5.91 Å².